The highest BCUT2D eigenvalue weighted by molar-refractivity contribution is 6.53. The first kappa shape index (κ1) is 13.6. The molecule has 1 saturated carbocycles. The highest BCUT2D eigenvalue weighted by Gasteiger charge is 2.69. The third kappa shape index (κ3) is 1.80. The molecule has 1 unspecified atom stereocenters. The van der Waals surface area contributed by atoms with E-state index in [1.807, 2.05) is 0 Å². The zero-order chi connectivity index (χ0) is 14.7. The summed E-state index contributed by atoms with van der Waals surface area (Å²) in [6, 6.07) is 4.60. The molecule has 1 aromatic rings. The van der Waals surface area contributed by atoms with Crippen LogP contribution in [0.5, 0.6) is 0 Å². The van der Waals surface area contributed by atoms with Crippen LogP contribution < -0.4 is 4.90 Å². The summed E-state index contributed by atoms with van der Waals surface area (Å²) in [7, 11) is 0. The van der Waals surface area contributed by atoms with Crippen molar-refractivity contribution in [3.63, 3.8) is 0 Å². The van der Waals surface area contributed by atoms with Crippen LogP contribution in [0.1, 0.15) is 18.9 Å². The van der Waals surface area contributed by atoms with Gasteiger partial charge in [0.15, 0.2) is 0 Å². The lowest BCUT2D eigenvalue weighted by atomic mass is 10.1. The van der Waals surface area contributed by atoms with E-state index in [0.29, 0.717) is 25.1 Å². The van der Waals surface area contributed by atoms with Crippen LogP contribution in [0, 0.1) is 15.5 Å². The van der Waals surface area contributed by atoms with E-state index in [1.165, 1.54) is 12.1 Å². The number of hydrogen-bond acceptors (Lipinski definition) is 3. The van der Waals surface area contributed by atoms with Crippen molar-refractivity contribution in [1.82, 2.24) is 0 Å². The Balaban J connectivity index is 1.95. The Bertz CT molecular complexity index is 632. The first-order valence-corrected chi connectivity index (χ1v) is 6.99. The molecular weight excluding hydrogens is 303 g/mol. The van der Waals surface area contributed by atoms with Crippen molar-refractivity contribution in [3.05, 3.63) is 33.9 Å². The zero-order valence-corrected chi connectivity index (χ0v) is 12.2. The number of hydrogen-bond donors (Lipinski definition) is 0. The molecule has 0 saturated heterocycles. The minimum Gasteiger partial charge on any atom is -0.311 e. The van der Waals surface area contributed by atoms with Gasteiger partial charge in [-0.1, -0.05) is 6.07 Å². The van der Waals surface area contributed by atoms with Crippen molar-refractivity contribution in [1.29, 1.82) is 0 Å². The SMILES string of the molecule is CC1(C(=O)N2CCc3ccc([N+](=O)[O-])cc32)CC1(Cl)Cl. The number of halogens is 2. The average Bonchev–Trinajstić information content (AvgIpc) is 2.74. The first-order chi connectivity index (χ1) is 9.26. The van der Waals surface area contributed by atoms with Crippen molar-refractivity contribution in [3.8, 4) is 0 Å². The van der Waals surface area contributed by atoms with Gasteiger partial charge in [-0.25, -0.2) is 0 Å². The Morgan fingerprint density at radius 3 is 2.65 bits per heavy atom. The minimum atomic E-state index is -1.03. The van der Waals surface area contributed by atoms with E-state index in [2.05, 4.69) is 0 Å². The molecule has 1 fully saturated rings. The smallest absolute Gasteiger partial charge is 0.271 e. The van der Waals surface area contributed by atoms with Gasteiger partial charge in [-0.3, -0.25) is 14.9 Å². The van der Waals surface area contributed by atoms with E-state index in [0.717, 1.165) is 5.56 Å². The van der Waals surface area contributed by atoms with Gasteiger partial charge in [-0.2, -0.15) is 0 Å². The maximum absolute atomic E-state index is 12.6. The second-order valence-corrected chi connectivity index (χ2v) is 6.97. The topological polar surface area (TPSA) is 63.5 Å². The number of carbonyl (C=O) groups excluding carboxylic acids is 1. The third-order valence-electron chi connectivity index (χ3n) is 4.15. The monoisotopic (exact) mass is 314 g/mol. The predicted octanol–water partition coefficient (Wildman–Crippen LogP) is 3.07. The second kappa shape index (κ2) is 4.09. The number of rotatable bonds is 2. The number of anilines is 1. The molecule has 1 atom stereocenters. The van der Waals surface area contributed by atoms with Gasteiger partial charge in [0.25, 0.3) is 5.69 Å². The molecule has 0 aromatic heterocycles. The summed E-state index contributed by atoms with van der Waals surface area (Å²) in [5.74, 6) is -0.165. The quantitative estimate of drug-likeness (QED) is 0.479. The number of nitrogens with zero attached hydrogens (tertiary/aromatic N) is 2. The lowest BCUT2D eigenvalue weighted by molar-refractivity contribution is -0.384. The van der Waals surface area contributed by atoms with Crippen LogP contribution in [0.4, 0.5) is 11.4 Å². The van der Waals surface area contributed by atoms with Gasteiger partial charge in [-0.05, 0) is 25.3 Å². The fraction of sp³-hybridized carbons (Fsp3) is 0.462. The Hall–Kier alpha value is -1.33. The molecule has 5 nitrogen and oxygen atoms in total. The van der Waals surface area contributed by atoms with Gasteiger partial charge in [0.05, 0.1) is 16.0 Å². The fourth-order valence-corrected chi connectivity index (χ4v) is 3.32. The van der Waals surface area contributed by atoms with Crippen molar-refractivity contribution in [2.24, 2.45) is 5.41 Å². The summed E-state index contributed by atoms with van der Waals surface area (Å²) in [5.41, 5.74) is 0.708. The number of nitro groups is 1. The number of amides is 1. The van der Waals surface area contributed by atoms with Crippen molar-refractivity contribution >= 4 is 40.5 Å². The summed E-state index contributed by atoms with van der Waals surface area (Å²) in [4.78, 5) is 24.5. The summed E-state index contributed by atoms with van der Waals surface area (Å²) in [6.07, 6.45) is 1.09. The standard InChI is InChI=1S/C13H12Cl2N2O3/c1-12(7-13(12,14)15)11(18)16-5-4-8-2-3-9(17(19)20)6-10(8)16/h2-3,6H,4-5,7H2,1H3. The molecule has 1 aromatic carbocycles. The maximum atomic E-state index is 12.6. The third-order valence-corrected chi connectivity index (χ3v) is 5.25. The number of benzene rings is 1. The van der Waals surface area contributed by atoms with Crippen LogP contribution in [-0.2, 0) is 11.2 Å². The second-order valence-electron chi connectivity index (χ2n) is 5.49. The van der Waals surface area contributed by atoms with E-state index in [1.54, 1.807) is 17.9 Å². The maximum Gasteiger partial charge on any atom is 0.271 e. The molecule has 0 spiro atoms. The molecule has 1 aliphatic heterocycles. The van der Waals surface area contributed by atoms with E-state index in [9.17, 15) is 14.9 Å². The molecule has 106 valence electrons. The van der Waals surface area contributed by atoms with Crippen molar-refractivity contribution < 1.29 is 9.72 Å². The lowest BCUT2D eigenvalue weighted by Crippen LogP contribution is -2.37. The molecule has 1 aliphatic carbocycles. The molecule has 0 N–H and O–H groups in total. The van der Waals surface area contributed by atoms with Crippen LogP contribution in [0.3, 0.4) is 0 Å². The number of alkyl halides is 2. The molecule has 2 aliphatic rings. The van der Waals surface area contributed by atoms with Crippen LogP contribution in [0.25, 0.3) is 0 Å². The molecule has 1 heterocycles. The molecule has 0 bridgehead atoms. The molecule has 1 amide bonds. The summed E-state index contributed by atoms with van der Waals surface area (Å²) < 4.78 is -1.03. The van der Waals surface area contributed by atoms with Crippen LogP contribution in [0.2, 0.25) is 0 Å². The summed E-state index contributed by atoms with van der Waals surface area (Å²) >= 11 is 12.1. The summed E-state index contributed by atoms with van der Waals surface area (Å²) in [5, 5.41) is 10.8. The van der Waals surface area contributed by atoms with E-state index >= 15 is 0 Å². The van der Waals surface area contributed by atoms with E-state index in [-0.39, 0.29) is 11.6 Å². The Labute approximate surface area is 125 Å². The van der Waals surface area contributed by atoms with Gasteiger partial charge < -0.3 is 4.90 Å². The van der Waals surface area contributed by atoms with Crippen LogP contribution in [0.15, 0.2) is 18.2 Å². The van der Waals surface area contributed by atoms with Crippen LogP contribution >= 0.6 is 23.2 Å². The highest BCUT2D eigenvalue weighted by atomic mass is 35.5. The van der Waals surface area contributed by atoms with Gasteiger partial charge in [-0.15, -0.1) is 23.2 Å². The van der Waals surface area contributed by atoms with E-state index < -0.39 is 14.7 Å². The molecule has 7 heteroatoms. The van der Waals surface area contributed by atoms with Crippen molar-refractivity contribution in [2.75, 3.05) is 11.4 Å². The zero-order valence-electron chi connectivity index (χ0n) is 10.7. The largest absolute Gasteiger partial charge is 0.311 e. The predicted molar refractivity (Wildman–Crippen MR) is 76.3 cm³/mol. The normalized spacial score (nSPS) is 26.2. The van der Waals surface area contributed by atoms with Gasteiger partial charge in [0.2, 0.25) is 5.91 Å². The van der Waals surface area contributed by atoms with Gasteiger partial charge >= 0.3 is 0 Å². The fourth-order valence-electron chi connectivity index (χ4n) is 2.62. The average molecular weight is 315 g/mol. The minimum absolute atomic E-state index is 0.0209. The number of non-ortho nitro benzene ring substituents is 1. The number of carbonyl (C=O) groups is 1. The number of fused-ring (bicyclic) bond motifs is 1. The Morgan fingerprint density at radius 2 is 2.10 bits per heavy atom. The van der Waals surface area contributed by atoms with Gasteiger partial charge in [0.1, 0.15) is 4.33 Å². The Kier molecular flexibility index (Phi) is 2.79. The number of nitro benzene ring substituents is 1. The highest BCUT2D eigenvalue weighted by Crippen LogP contribution is 2.64. The molecular formula is C13H12Cl2N2O3. The summed E-state index contributed by atoms with van der Waals surface area (Å²) in [6.45, 7) is 2.24. The first-order valence-electron chi connectivity index (χ1n) is 6.23. The lowest BCUT2D eigenvalue weighted by Gasteiger charge is -2.22. The molecule has 3 rings (SSSR count). The molecule has 20 heavy (non-hydrogen) atoms. The molecule has 0 radical (unpaired) electrons. The van der Waals surface area contributed by atoms with Crippen LogP contribution in [-0.4, -0.2) is 21.7 Å². The van der Waals surface area contributed by atoms with E-state index in [4.69, 9.17) is 23.2 Å². The van der Waals surface area contributed by atoms with Gasteiger partial charge in [0, 0.05) is 18.7 Å². The van der Waals surface area contributed by atoms with Crippen molar-refractivity contribution in [2.45, 2.75) is 24.1 Å². The Morgan fingerprint density at radius 1 is 1.45 bits per heavy atom.